The number of amides is 2. The van der Waals surface area contributed by atoms with Gasteiger partial charge in [0.25, 0.3) is 0 Å². The third-order valence-electron chi connectivity index (χ3n) is 4.05. The number of rotatable bonds is 5. The Balaban J connectivity index is 2.19. The summed E-state index contributed by atoms with van der Waals surface area (Å²) in [7, 11) is 0. The molecule has 19 heavy (non-hydrogen) atoms. The van der Waals surface area contributed by atoms with E-state index < -0.39 is 12.0 Å². The number of hydrogen-bond donors (Lipinski definition) is 0. The lowest BCUT2D eigenvalue weighted by Crippen LogP contribution is -2.51. The predicted octanol–water partition coefficient (Wildman–Crippen LogP) is 0.0332. The molecule has 0 unspecified atom stereocenters. The van der Waals surface area contributed by atoms with E-state index in [9.17, 15) is 19.5 Å². The van der Waals surface area contributed by atoms with Crippen molar-refractivity contribution in [2.45, 2.75) is 38.1 Å². The van der Waals surface area contributed by atoms with E-state index in [1.807, 2.05) is 6.26 Å². The van der Waals surface area contributed by atoms with Crippen LogP contribution in [0.2, 0.25) is 0 Å². The fourth-order valence-electron chi connectivity index (χ4n) is 3.08. The summed E-state index contributed by atoms with van der Waals surface area (Å²) in [5, 5.41) is 11.2. The van der Waals surface area contributed by atoms with Crippen LogP contribution in [0, 0.1) is 11.8 Å². The molecule has 2 rings (SSSR count). The molecule has 0 spiro atoms. The monoisotopic (exact) mass is 284 g/mol. The highest BCUT2D eigenvalue weighted by molar-refractivity contribution is 7.98. The molecule has 2 fully saturated rings. The molecule has 5 nitrogen and oxygen atoms in total. The van der Waals surface area contributed by atoms with E-state index in [2.05, 4.69) is 0 Å². The van der Waals surface area contributed by atoms with Crippen molar-refractivity contribution in [3.63, 3.8) is 0 Å². The number of carboxylic acids is 1. The molecule has 1 saturated carbocycles. The average molecular weight is 284 g/mol. The third kappa shape index (κ3) is 2.63. The standard InChI is InChI=1S/C13H19NO4S/c1-19-7-6-10(13(17)18)14-11(15)8-4-2-3-5-9(8)12(14)16/h8-10H,2-7H2,1H3,(H,17,18)/p-1/t8-,9-,10-/m0/s1. The number of aliphatic carboxylic acids is 1. The van der Waals surface area contributed by atoms with Gasteiger partial charge >= 0.3 is 0 Å². The van der Waals surface area contributed by atoms with Crippen LogP contribution in [-0.2, 0) is 14.4 Å². The normalized spacial score (nSPS) is 28.4. The van der Waals surface area contributed by atoms with E-state index >= 15 is 0 Å². The molecule has 2 amide bonds. The van der Waals surface area contributed by atoms with Gasteiger partial charge < -0.3 is 9.90 Å². The number of hydrogen-bond acceptors (Lipinski definition) is 5. The quantitative estimate of drug-likeness (QED) is 0.666. The first kappa shape index (κ1) is 14.4. The first-order valence-electron chi connectivity index (χ1n) is 6.64. The van der Waals surface area contributed by atoms with Crippen LogP contribution in [0.3, 0.4) is 0 Å². The Morgan fingerprint density at radius 1 is 1.32 bits per heavy atom. The van der Waals surface area contributed by atoms with Crippen LogP contribution in [0.1, 0.15) is 32.1 Å². The summed E-state index contributed by atoms with van der Waals surface area (Å²) in [4.78, 5) is 36.7. The molecule has 6 heteroatoms. The molecule has 1 aliphatic carbocycles. The van der Waals surface area contributed by atoms with Crippen molar-refractivity contribution in [2.75, 3.05) is 12.0 Å². The van der Waals surface area contributed by atoms with Gasteiger partial charge in [-0.1, -0.05) is 12.8 Å². The molecule has 1 heterocycles. The zero-order chi connectivity index (χ0) is 14.0. The number of nitrogens with zero attached hydrogens (tertiary/aromatic N) is 1. The van der Waals surface area contributed by atoms with Crippen LogP contribution < -0.4 is 5.11 Å². The Hall–Kier alpha value is -1.04. The Morgan fingerprint density at radius 3 is 2.26 bits per heavy atom. The lowest BCUT2D eigenvalue weighted by atomic mass is 9.81. The summed E-state index contributed by atoms with van der Waals surface area (Å²) in [6.45, 7) is 0. The van der Waals surface area contributed by atoms with Gasteiger partial charge in [-0.05, 0) is 31.3 Å². The number of carbonyl (C=O) groups is 3. The van der Waals surface area contributed by atoms with Crippen LogP contribution in [-0.4, -0.2) is 40.7 Å². The van der Waals surface area contributed by atoms with Gasteiger partial charge in [-0.15, -0.1) is 0 Å². The van der Waals surface area contributed by atoms with Crippen LogP contribution in [0.15, 0.2) is 0 Å². The second kappa shape index (κ2) is 5.94. The number of carbonyl (C=O) groups excluding carboxylic acids is 3. The minimum atomic E-state index is -1.32. The summed E-state index contributed by atoms with van der Waals surface area (Å²) < 4.78 is 0. The topological polar surface area (TPSA) is 77.5 Å². The number of fused-ring (bicyclic) bond motifs is 1. The largest absolute Gasteiger partial charge is 0.548 e. The van der Waals surface area contributed by atoms with Gasteiger partial charge in [0.15, 0.2) is 0 Å². The van der Waals surface area contributed by atoms with E-state index in [0.29, 0.717) is 18.6 Å². The highest BCUT2D eigenvalue weighted by atomic mass is 32.2. The zero-order valence-electron chi connectivity index (χ0n) is 11.0. The minimum absolute atomic E-state index is 0.264. The molecule has 1 aliphatic heterocycles. The maximum absolute atomic E-state index is 12.3. The van der Waals surface area contributed by atoms with Gasteiger partial charge in [0, 0.05) is 0 Å². The summed E-state index contributed by atoms with van der Waals surface area (Å²) in [6, 6.07) is -1.10. The van der Waals surface area contributed by atoms with Crippen molar-refractivity contribution in [1.29, 1.82) is 0 Å². The second-order valence-corrected chi connectivity index (χ2v) is 6.15. The van der Waals surface area contributed by atoms with Gasteiger partial charge in [0.05, 0.1) is 23.8 Å². The summed E-state index contributed by atoms with van der Waals surface area (Å²) in [5.41, 5.74) is 0. The van der Waals surface area contributed by atoms with Crippen molar-refractivity contribution in [2.24, 2.45) is 11.8 Å². The summed E-state index contributed by atoms with van der Waals surface area (Å²) >= 11 is 1.49. The summed E-state index contributed by atoms with van der Waals surface area (Å²) in [6.07, 6.45) is 5.41. The molecular weight excluding hydrogens is 266 g/mol. The van der Waals surface area contributed by atoms with E-state index in [1.54, 1.807) is 0 Å². The molecule has 0 aromatic carbocycles. The zero-order valence-corrected chi connectivity index (χ0v) is 11.8. The molecule has 0 radical (unpaired) electrons. The highest BCUT2D eigenvalue weighted by Crippen LogP contribution is 2.39. The number of imide groups is 1. The van der Waals surface area contributed by atoms with Crippen molar-refractivity contribution in [3.8, 4) is 0 Å². The smallest absolute Gasteiger partial charge is 0.233 e. The maximum atomic E-state index is 12.3. The van der Waals surface area contributed by atoms with E-state index in [1.165, 1.54) is 11.8 Å². The molecular formula is C13H18NO4S-. The van der Waals surface area contributed by atoms with E-state index in [4.69, 9.17) is 0 Å². The van der Waals surface area contributed by atoms with Gasteiger partial charge in [-0.25, -0.2) is 0 Å². The van der Waals surface area contributed by atoms with Gasteiger partial charge in [0.1, 0.15) is 0 Å². The lowest BCUT2D eigenvalue weighted by Gasteiger charge is -2.27. The van der Waals surface area contributed by atoms with Crippen LogP contribution in [0.25, 0.3) is 0 Å². The summed E-state index contributed by atoms with van der Waals surface area (Å²) in [5.74, 6) is -1.93. The predicted molar refractivity (Wildman–Crippen MR) is 69.1 cm³/mol. The fraction of sp³-hybridized carbons (Fsp3) is 0.769. The number of carboxylic acid groups (broad SMARTS) is 1. The van der Waals surface area contributed by atoms with E-state index in [0.717, 1.165) is 17.7 Å². The molecule has 0 aromatic rings. The molecule has 0 bridgehead atoms. The lowest BCUT2D eigenvalue weighted by molar-refractivity contribution is -0.311. The van der Waals surface area contributed by atoms with Crippen molar-refractivity contribution in [3.05, 3.63) is 0 Å². The van der Waals surface area contributed by atoms with Gasteiger partial charge in [-0.3, -0.25) is 14.5 Å². The van der Waals surface area contributed by atoms with Crippen molar-refractivity contribution in [1.82, 2.24) is 4.90 Å². The second-order valence-electron chi connectivity index (χ2n) is 5.16. The van der Waals surface area contributed by atoms with Crippen LogP contribution in [0.5, 0.6) is 0 Å². The number of likely N-dealkylation sites (tertiary alicyclic amines) is 1. The van der Waals surface area contributed by atoms with Gasteiger partial charge in [-0.2, -0.15) is 11.8 Å². The number of thioether (sulfide) groups is 1. The molecule has 1 saturated heterocycles. The molecule has 2 aliphatic rings. The Morgan fingerprint density at radius 2 is 1.84 bits per heavy atom. The Bertz CT molecular complexity index is 374. The average Bonchev–Trinajstić information content (AvgIpc) is 2.64. The Kier molecular flexibility index (Phi) is 4.50. The van der Waals surface area contributed by atoms with Crippen molar-refractivity contribution >= 4 is 29.5 Å². The third-order valence-corrected chi connectivity index (χ3v) is 4.70. The molecule has 106 valence electrons. The SMILES string of the molecule is CSCC[C@@H](C(=O)[O-])N1C(=O)[C@H]2CCCC[C@@H]2C1=O. The molecule has 0 N–H and O–H groups in total. The first-order valence-corrected chi connectivity index (χ1v) is 8.04. The maximum Gasteiger partial charge on any atom is 0.233 e. The van der Waals surface area contributed by atoms with Crippen LogP contribution >= 0.6 is 11.8 Å². The highest BCUT2D eigenvalue weighted by Gasteiger charge is 2.50. The Labute approximate surface area is 116 Å². The van der Waals surface area contributed by atoms with E-state index in [-0.39, 0.29) is 30.1 Å². The molecule has 0 aromatic heterocycles. The molecule has 3 atom stereocenters. The minimum Gasteiger partial charge on any atom is -0.548 e. The fourth-order valence-corrected chi connectivity index (χ4v) is 3.54. The first-order chi connectivity index (χ1) is 9.07. The van der Waals surface area contributed by atoms with Crippen LogP contribution in [0.4, 0.5) is 0 Å². The van der Waals surface area contributed by atoms with Crippen molar-refractivity contribution < 1.29 is 19.5 Å². The van der Waals surface area contributed by atoms with Gasteiger partial charge in [0.2, 0.25) is 11.8 Å².